The van der Waals surface area contributed by atoms with Crippen molar-refractivity contribution < 1.29 is 19.0 Å². The van der Waals surface area contributed by atoms with Gasteiger partial charge in [0.15, 0.2) is 0 Å². The summed E-state index contributed by atoms with van der Waals surface area (Å²) in [4.78, 5) is 33.9. The van der Waals surface area contributed by atoms with E-state index in [0.29, 0.717) is 52.6 Å². The van der Waals surface area contributed by atoms with Gasteiger partial charge >= 0.3 is 0 Å². The van der Waals surface area contributed by atoms with Crippen molar-refractivity contribution in [3.63, 3.8) is 0 Å². The van der Waals surface area contributed by atoms with Gasteiger partial charge in [-0.2, -0.15) is 0 Å². The number of carbonyl (C=O) groups excluding carboxylic acids is 1. The number of aryl methyl sites for hydroxylation is 1. The third-order valence-corrected chi connectivity index (χ3v) is 9.53. The second-order valence-corrected chi connectivity index (χ2v) is 12.4. The number of anilines is 1. The number of ether oxygens (including phenoxy) is 3. The molecule has 2 saturated heterocycles. The van der Waals surface area contributed by atoms with Gasteiger partial charge in [0.25, 0.3) is 11.5 Å². The van der Waals surface area contributed by atoms with Gasteiger partial charge < -0.3 is 34.3 Å². The molecular weight excluding hydrogens is 556 g/mol. The summed E-state index contributed by atoms with van der Waals surface area (Å²) in [6.07, 6.45) is 6.40. The lowest BCUT2D eigenvalue weighted by Crippen LogP contribution is -2.51. The fraction of sp³-hybridized carbons (Fsp3) is 0.625. The standard InChI is InChI=1S/C32H45ClN4O5/c1-5-37(22-8-12-41-13-9-22)28-18-25(42-24-15-23(16-24)36-10-6-20(2)7-11-36)17-26(30(28)33)31(38)34-19-27-29(40-4)14-21(3)35-32(27)39/h14,17-18,20,22-24H,5-13,15-16,19H2,1-4H3,(H,34,38)(H,35,39). The third-order valence-electron chi connectivity index (χ3n) is 9.14. The van der Waals surface area contributed by atoms with Crippen LogP contribution >= 0.6 is 11.6 Å². The molecule has 0 bridgehead atoms. The Morgan fingerprint density at radius 1 is 1.17 bits per heavy atom. The van der Waals surface area contributed by atoms with Gasteiger partial charge in [0.2, 0.25) is 0 Å². The Bertz CT molecular complexity index is 1300. The molecular formula is C32H45ClN4O5. The summed E-state index contributed by atoms with van der Waals surface area (Å²) >= 11 is 6.99. The highest BCUT2D eigenvalue weighted by Crippen LogP contribution is 2.39. The van der Waals surface area contributed by atoms with Gasteiger partial charge in [-0.05, 0) is 70.7 Å². The van der Waals surface area contributed by atoms with E-state index >= 15 is 0 Å². The zero-order chi connectivity index (χ0) is 29.8. The van der Waals surface area contributed by atoms with E-state index < -0.39 is 0 Å². The number of aromatic nitrogens is 1. The van der Waals surface area contributed by atoms with Gasteiger partial charge in [-0.3, -0.25) is 9.59 Å². The van der Waals surface area contributed by atoms with Gasteiger partial charge in [0, 0.05) is 56.4 Å². The van der Waals surface area contributed by atoms with E-state index in [1.807, 2.05) is 6.07 Å². The third kappa shape index (κ3) is 6.90. The maximum atomic E-state index is 13.6. The Labute approximate surface area is 253 Å². The molecule has 1 amide bonds. The molecule has 1 aliphatic carbocycles. The summed E-state index contributed by atoms with van der Waals surface area (Å²) in [6, 6.07) is 6.30. The van der Waals surface area contributed by atoms with E-state index in [4.69, 9.17) is 25.8 Å². The molecule has 1 aromatic carbocycles. The molecule has 0 atom stereocenters. The average Bonchev–Trinajstić information content (AvgIpc) is 2.96. The van der Waals surface area contributed by atoms with Crippen LogP contribution in [0.3, 0.4) is 0 Å². The maximum Gasteiger partial charge on any atom is 0.256 e. The summed E-state index contributed by atoms with van der Waals surface area (Å²) in [6.45, 7) is 10.7. The molecule has 3 fully saturated rings. The zero-order valence-corrected chi connectivity index (χ0v) is 26.1. The van der Waals surface area contributed by atoms with Gasteiger partial charge in [0.1, 0.15) is 17.6 Å². The van der Waals surface area contributed by atoms with Crippen molar-refractivity contribution in [2.45, 2.75) is 84.0 Å². The van der Waals surface area contributed by atoms with Crippen molar-refractivity contribution in [3.05, 3.63) is 50.4 Å². The number of pyridine rings is 1. The number of aromatic amines is 1. The Kier molecular flexibility index (Phi) is 10.0. The lowest BCUT2D eigenvalue weighted by molar-refractivity contribution is 0.00305. The number of piperidine rings is 1. The Morgan fingerprint density at radius 2 is 1.88 bits per heavy atom. The van der Waals surface area contributed by atoms with Crippen LogP contribution in [0.2, 0.25) is 5.02 Å². The minimum atomic E-state index is -0.370. The summed E-state index contributed by atoms with van der Waals surface area (Å²) < 4.78 is 17.5. The SMILES string of the molecule is CCN(c1cc(OC2CC(N3CCC(C)CC3)C2)cc(C(=O)NCc2c(OC)cc(C)[nH]c2=O)c1Cl)C1CCOCC1. The number of H-pyrrole nitrogens is 1. The smallest absolute Gasteiger partial charge is 0.256 e. The van der Waals surface area contributed by atoms with Crippen molar-refractivity contribution in [3.8, 4) is 11.5 Å². The molecule has 1 saturated carbocycles. The fourth-order valence-electron chi connectivity index (χ4n) is 6.47. The van der Waals surface area contributed by atoms with E-state index in [1.165, 1.54) is 33.0 Å². The summed E-state index contributed by atoms with van der Waals surface area (Å²) in [5.41, 5.74) is 1.87. The highest BCUT2D eigenvalue weighted by Gasteiger charge is 2.37. The predicted octanol–water partition coefficient (Wildman–Crippen LogP) is 4.92. The maximum absolute atomic E-state index is 13.6. The first-order valence-corrected chi connectivity index (χ1v) is 15.8. The molecule has 5 rings (SSSR count). The van der Waals surface area contributed by atoms with Crippen molar-refractivity contribution in [2.24, 2.45) is 5.92 Å². The quantitative estimate of drug-likeness (QED) is 0.399. The lowest BCUT2D eigenvalue weighted by Gasteiger charge is -2.45. The van der Waals surface area contributed by atoms with Crippen LogP contribution in [0.4, 0.5) is 5.69 Å². The molecule has 9 nitrogen and oxygen atoms in total. The Balaban J connectivity index is 1.37. The van der Waals surface area contributed by atoms with Crippen LogP contribution in [0.15, 0.2) is 23.0 Å². The van der Waals surface area contributed by atoms with Crippen LogP contribution in [-0.2, 0) is 11.3 Å². The molecule has 2 aromatic rings. The molecule has 10 heteroatoms. The highest BCUT2D eigenvalue weighted by molar-refractivity contribution is 6.36. The fourth-order valence-corrected chi connectivity index (χ4v) is 6.77. The number of methoxy groups -OCH3 is 1. The Morgan fingerprint density at radius 3 is 2.55 bits per heavy atom. The first-order chi connectivity index (χ1) is 20.3. The molecule has 3 aliphatic rings. The second kappa shape index (κ2) is 13.7. The number of likely N-dealkylation sites (tertiary alicyclic amines) is 1. The van der Waals surface area contributed by atoms with Gasteiger partial charge in [0.05, 0.1) is 35.5 Å². The van der Waals surface area contributed by atoms with Gasteiger partial charge in [-0.25, -0.2) is 0 Å². The molecule has 0 unspecified atom stereocenters. The average molecular weight is 601 g/mol. The van der Waals surface area contributed by atoms with E-state index in [1.54, 1.807) is 19.1 Å². The number of halogens is 1. The summed E-state index contributed by atoms with van der Waals surface area (Å²) in [7, 11) is 1.51. The van der Waals surface area contributed by atoms with E-state index in [2.05, 4.69) is 33.9 Å². The largest absolute Gasteiger partial charge is 0.496 e. The van der Waals surface area contributed by atoms with Gasteiger partial charge in [-0.1, -0.05) is 18.5 Å². The van der Waals surface area contributed by atoms with Crippen LogP contribution in [0.5, 0.6) is 11.5 Å². The molecule has 42 heavy (non-hydrogen) atoms. The number of rotatable bonds is 10. The first kappa shape index (κ1) is 30.7. The number of hydrogen-bond acceptors (Lipinski definition) is 7. The predicted molar refractivity (Wildman–Crippen MR) is 165 cm³/mol. The number of nitrogens with one attached hydrogen (secondary N) is 2. The number of hydrogen-bond donors (Lipinski definition) is 2. The molecule has 0 radical (unpaired) electrons. The first-order valence-electron chi connectivity index (χ1n) is 15.4. The Hall–Kier alpha value is -2.75. The van der Waals surface area contributed by atoms with Gasteiger partial charge in [-0.15, -0.1) is 0 Å². The molecule has 1 aromatic heterocycles. The topological polar surface area (TPSA) is 96.1 Å². The zero-order valence-electron chi connectivity index (χ0n) is 25.3. The van der Waals surface area contributed by atoms with E-state index in [0.717, 1.165) is 43.8 Å². The number of carbonyl (C=O) groups is 1. The van der Waals surface area contributed by atoms with E-state index in [-0.39, 0.29) is 30.2 Å². The number of benzene rings is 1. The molecule has 2 N–H and O–H groups in total. The van der Waals surface area contributed by atoms with Crippen molar-refractivity contribution >= 4 is 23.2 Å². The molecule has 3 heterocycles. The minimum Gasteiger partial charge on any atom is -0.496 e. The second-order valence-electron chi connectivity index (χ2n) is 12.0. The van der Waals surface area contributed by atoms with Crippen LogP contribution in [-0.4, -0.2) is 73.9 Å². The number of nitrogens with zero attached hydrogens (tertiary/aromatic N) is 2. The monoisotopic (exact) mass is 600 g/mol. The molecule has 0 spiro atoms. The summed E-state index contributed by atoms with van der Waals surface area (Å²) in [5.74, 6) is 1.52. The van der Waals surface area contributed by atoms with E-state index in [9.17, 15) is 9.59 Å². The normalized spacial score (nSPS) is 21.9. The van der Waals surface area contributed by atoms with Crippen LogP contribution in [0.1, 0.15) is 74.0 Å². The lowest BCUT2D eigenvalue weighted by atomic mass is 9.85. The molecule has 2 aliphatic heterocycles. The summed E-state index contributed by atoms with van der Waals surface area (Å²) in [5, 5.41) is 3.27. The van der Waals surface area contributed by atoms with Crippen molar-refractivity contribution in [2.75, 3.05) is 44.9 Å². The van der Waals surface area contributed by atoms with Crippen molar-refractivity contribution in [1.82, 2.24) is 15.2 Å². The van der Waals surface area contributed by atoms with Crippen LogP contribution < -0.4 is 25.2 Å². The minimum absolute atomic E-state index is 0.00454. The van der Waals surface area contributed by atoms with Crippen molar-refractivity contribution in [1.29, 1.82) is 0 Å². The van der Waals surface area contributed by atoms with Crippen LogP contribution in [0, 0.1) is 12.8 Å². The molecule has 230 valence electrons. The number of amides is 1. The highest BCUT2D eigenvalue weighted by atomic mass is 35.5. The van der Waals surface area contributed by atoms with Crippen LogP contribution in [0.25, 0.3) is 0 Å².